The number of aromatic amines is 1. The molecule has 0 spiro atoms. The maximum Gasteiger partial charge on any atom is 0.228 e. The fourth-order valence-electron chi connectivity index (χ4n) is 4.56. The van der Waals surface area contributed by atoms with Gasteiger partial charge in [0.2, 0.25) is 5.91 Å². The van der Waals surface area contributed by atoms with Crippen molar-refractivity contribution in [2.45, 2.75) is 32.1 Å². The fraction of sp³-hybridized carbons (Fsp3) is 0.550. The summed E-state index contributed by atoms with van der Waals surface area (Å²) in [5.41, 5.74) is 2.89. The highest BCUT2D eigenvalue weighted by molar-refractivity contribution is 5.79. The number of hydrogen-bond acceptors (Lipinski definition) is 4. The van der Waals surface area contributed by atoms with Crippen LogP contribution in [0.3, 0.4) is 0 Å². The molecule has 3 aromatic rings. The molecule has 7 nitrogen and oxygen atoms in total. The zero-order chi connectivity index (χ0) is 18.4. The second kappa shape index (κ2) is 6.64. The smallest absolute Gasteiger partial charge is 0.228 e. The topological polar surface area (TPSA) is 75.5 Å². The van der Waals surface area contributed by atoms with Gasteiger partial charge in [0.15, 0.2) is 5.65 Å². The third-order valence-corrected chi connectivity index (χ3v) is 6.20. The first-order chi connectivity index (χ1) is 13.2. The van der Waals surface area contributed by atoms with E-state index in [0.29, 0.717) is 12.5 Å². The average Bonchev–Trinajstić information content (AvgIpc) is 3.35. The molecule has 3 aromatic heterocycles. The highest BCUT2D eigenvalue weighted by atomic mass is 16.5. The fourth-order valence-corrected chi connectivity index (χ4v) is 4.56. The van der Waals surface area contributed by atoms with Gasteiger partial charge in [-0.15, -0.1) is 0 Å². The molecule has 5 heterocycles. The molecule has 3 atom stereocenters. The molecule has 27 heavy (non-hydrogen) atoms. The lowest BCUT2D eigenvalue weighted by molar-refractivity contribution is -0.141. The molecule has 2 saturated heterocycles. The van der Waals surface area contributed by atoms with E-state index in [1.807, 2.05) is 29.6 Å². The predicted octanol–water partition coefficient (Wildman–Crippen LogP) is 2.59. The number of aromatic nitrogens is 4. The van der Waals surface area contributed by atoms with Gasteiger partial charge in [-0.05, 0) is 31.2 Å². The van der Waals surface area contributed by atoms with Crippen molar-refractivity contribution in [1.29, 1.82) is 0 Å². The van der Waals surface area contributed by atoms with E-state index in [-0.39, 0.29) is 17.7 Å². The summed E-state index contributed by atoms with van der Waals surface area (Å²) in [6, 6.07) is 2.04. The Morgan fingerprint density at radius 2 is 2.19 bits per heavy atom. The van der Waals surface area contributed by atoms with Crippen LogP contribution in [0.15, 0.2) is 24.7 Å². The van der Waals surface area contributed by atoms with Crippen LogP contribution in [0, 0.1) is 11.8 Å². The summed E-state index contributed by atoms with van der Waals surface area (Å²) in [6.45, 7) is 5.18. The van der Waals surface area contributed by atoms with Crippen LogP contribution < -0.4 is 0 Å². The molecule has 2 fully saturated rings. The normalized spacial score (nSPS) is 26.7. The molecule has 0 aliphatic carbocycles. The molecule has 0 saturated carbocycles. The van der Waals surface area contributed by atoms with Crippen LogP contribution >= 0.6 is 0 Å². The number of nitrogens with one attached hydrogen (secondary N) is 1. The summed E-state index contributed by atoms with van der Waals surface area (Å²) < 4.78 is 7.73. The van der Waals surface area contributed by atoms with Gasteiger partial charge in [-0.2, -0.15) is 0 Å². The van der Waals surface area contributed by atoms with Crippen molar-refractivity contribution < 1.29 is 9.53 Å². The molecule has 7 heteroatoms. The van der Waals surface area contributed by atoms with E-state index >= 15 is 0 Å². The Morgan fingerprint density at radius 3 is 3.04 bits per heavy atom. The summed E-state index contributed by atoms with van der Waals surface area (Å²) in [7, 11) is 0. The number of imidazole rings is 1. The van der Waals surface area contributed by atoms with Crippen LogP contribution in [0.25, 0.3) is 16.7 Å². The number of amides is 1. The quantitative estimate of drug-likeness (QED) is 0.755. The van der Waals surface area contributed by atoms with Crippen molar-refractivity contribution in [3.63, 3.8) is 0 Å². The first-order valence-corrected chi connectivity index (χ1v) is 9.88. The maximum atomic E-state index is 13.0. The molecular formula is C20H25N5O2. The molecule has 5 rings (SSSR count). The second-order valence-electron chi connectivity index (χ2n) is 7.92. The van der Waals surface area contributed by atoms with Crippen LogP contribution in [0.2, 0.25) is 0 Å². The maximum absolute atomic E-state index is 13.0. The van der Waals surface area contributed by atoms with E-state index in [9.17, 15) is 4.79 Å². The number of carbonyl (C=O) groups is 1. The number of likely N-dealkylation sites (tertiary alicyclic amines) is 1. The number of piperidine rings is 1. The van der Waals surface area contributed by atoms with Crippen LogP contribution in [0.4, 0.5) is 0 Å². The Bertz CT molecular complexity index is 971. The Kier molecular flexibility index (Phi) is 4.11. The number of fused-ring (bicyclic) bond motifs is 3. The van der Waals surface area contributed by atoms with Crippen molar-refractivity contribution in [2.75, 3.05) is 26.3 Å². The average molecular weight is 367 g/mol. The molecule has 0 aromatic carbocycles. The van der Waals surface area contributed by atoms with Gasteiger partial charge in [0.25, 0.3) is 0 Å². The zero-order valence-electron chi connectivity index (χ0n) is 15.6. The summed E-state index contributed by atoms with van der Waals surface area (Å²) in [5.74, 6) is 1.99. The SMILES string of the molecule is C[C@@H]1CCN(C(=O)[C@@H]2CCCOC2)C[C@@H]1c1ncc2cnc3[nH]ccc3n12. The van der Waals surface area contributed by atoms with Crippen molar-refractivity contribution in [2.24, 2.45) is 11.8 Å². The van der Waals surface area contributed by atoms with Gasteiger partial charge in [-0.25, -0.2) is 9.97 Å². The number of carbonyl (C=O) groups excluding carboxylic acids is 1. The summed E-state index contributed by atoms with van der Waals surface area (Å²) in [4.78, 5) is 27.4. The first-order valence-electron chi connectivity index (χ1n) is 9.88. The van der Waals surface area contributed by atoms with Crippen LogP contribution in [0.1, 0.15) is 37.9 Å². The molecule has 0 unspecified atom stereocenters. The van der Waals surface area contributed by atoms with Crippen molar-refractivity contribution in [1.82, 2.24) is 24.3 Å². The largest absolute Gasteiger partial charge is 0.381 e. The lowest BCUT2D eigenvalue weighted by Crippen LogP contribution is -2.46. The number of rotatable bonds is 2. The van der Waals surface area contributed by atoms with Crippen molar-refractivity contribution >= 4 is 22.6 Å². The van der Waals surface area contributed by atoms with E-state index in [2.05, 4.69) is 21.3 Å². The Hall–Kier alpha value is -2.41. The summed E-state index contributed by atoms with van der Waals surface area (Å²) in [5, 5.41) is 0. The van der Waals surface area contributed by atoms with Gasteiger partial charge in [0.05, 0.1) is 36.0 Å². The minimum absolute atomic E-state index is 0.0189. The minimum Gasteiger partial charge on any atom is -0.381 e. The van der Waals surface area contributed by atoms with Crippen molar-refractivity contribution in [3.8, 4) is 0 Å². The molecule has 1 N–H and O–H groups in total. The standard InChI is InChI=1S/C20H25N5O2/c1-13-5-7-24(20(26)14-3-2-8-27-12-14)11-16(13)19-23-10-15-9-22-18-17(25(15)19)4-6-21-18/h4,6,9-10,13-14,16,21H,2-3,5,7-8,11-12H2,1H3/t13-,14-,16+/m1/s1. The number of ether oxygens (including phenoxy) is 1. The Morgan fingerprint density at radius 1 is 1.30 bits per heavy atom. The molecule has 0 bridgehead atoms. The number of H-pyrrole nitrogens is 1. The van der Waals surface area contributed by atoms with Gasteiger partial charge in [0, 0.05) is 31.8 Å². The van der Waals surface area contributed by atoms with Gasteiger partial charge in [-0.1, -0.05) is 6.92 Å². The highest BCUT2D eigenvalue weighted by Crippen LogP contribution is 2.34. The molecule has 2 aliphatic heterocycles. The third kappa shape index (κ3) is 2.81. The lowest BCUT2D eigenvalue weighted by Gasteiger charge is -2.38. The minimum atomic E-state index is 0.0189. The van der Waals surface area contributed by atoms with E-state index in [1.54, 1.807) is 0 Å². The third-order valence-electron chi connectivity index (χ3n) is 6.20. The van der Waals surface area contributed by atoms with Crippen LogP contribution in [-0.4, -0.2) is 56.5 Å². The molecule has 2 aliphatic rings. The van der Waals surface area contributed by atoms with Crippen LogP contribution in [0.5, 0.6) is 0 Å². The van der Waals surface area contributed by atoms with E-state index in [1.165, 1.54) is 0 Å². The van der Waals surface area contributed by atoms with Gasteiger partial charge < -0.3 is 14.6 Å². The molecular weight excluding hydrogens is 342 g/mol. The van der Waals surface area contributed by atoms with E-state index in [4.69, 9.17) is 9.72 Å². The first kappa shape index (κ1) is 16.7. The van der Waals surface area contributed by atoms with E-state index in [0.717, 1.165) is 61.5 Å². The van der Waals surface area contributed by atoms with Crippen LogP contribution in [-0.2, 0) is 9.53 Å². The van der Waals surface area contributed by atoms with Gasteiger partial charge >= 0.3 is 0 Å². The van der Waals surface area contributed by atoms with E-state index < -0.39 is 0 Å². The molecule has 142 valence electrons. The second-order valence-corrected chi connectivity index (χ2v) is 7.92. The number of nitrogens with zero attached hydrogens (tertiary/aromatic N) is 4. The highest BCUT2D eigenvalue weighted by Gasteiger charge is 2.35. The summed E-state index contributed by atoms with van der Waals surface area (Å²) in [6.07, 6.45) is 8.57. The monoisotopic (exact) mass is 367 g/mol. The molecule has 0 radical (unpaired) electrons. The lowest BCUT2D eigenvalue weighted by atomic mass is 9.85. The van der Waals surface area contributed by atoms with Gasteiger partial charge in [-0.3, -0.25) is 9.20 Å². The predicted molar refractivity (Wildman–Crippen MR) is 101 cm³/mol. The van der Waals surface area contributed by atoms with Gasteiger partial charge in [0.1, 0.15) is 5.82 Å². The summed E-state index contributed by atoms with van der Waals surface area (Å²) >= 11 is 0. The van der Waals surface area contributed by atoms with Crippen molar-refractivity contribution in [3.05, 3.63) is 30.5 Å². The Balaban J connectivity index is 1.47. The number of hydrogen-bond donors (Lipinski definition) is 1. The molecule has 1 amide bonds. The zero-order valence-corrected chi connectivity index (χ0v) is 15.6. The Labute approximate surface area is 157 Å².